The van der Waals surface area contributed by atoms with Gasteiger partial charge in [-0.3, -0.25) is 9.67 Å². The van der Waals surface area contributed by atoms with Gasteiger partial charge in [0.1, 0.15) is 21.3 Å². The maximum absolute atomic E-state index is 14.3. The molecule has 0 unspecified atom stereocenters. The van der Waals surface area contributed by atoms with Crippen molar-refractivity contribution in [3.8, 4) is 32.8 Å². The van der Waals surface area contributed by atoms with Gasteiger partial charge < -0.3 is 0 Å². The second-order valence-electron chi connectivity index (χ2n) is 12.1. The van der Waals surface area contributed by atoms with Gasteiger partial charge >= 0.3 is 0 Å². The molecule has 3 heterocycles. The summed E-state index contributed by atoms with van der Waals surface area (Å²) in [6.45, 7) is 0. The van der Waals surface area contributed by atoms with Crippen molar-refractivity contribution in [2.45, 2.75) is 9.75 Å². The summed E-state index contributed by atoms with van der Waals surface area (Å²) in [4.78, 5) is 5.47. The number of sulfone groups is 1. The first-order chi connectivity index (χ1) is 24.3. The molecule has 0 atom stereocenters. The van der Waals surface area contributed by atoms with Crippen molar-refractivity contribution >= 4 is 32.1 Å². The second kappa shape index (κ2) is 12.6. The van der Waals surface area contributed by atoms with Crippen LogP contribution < -0.4 is 0 Å². The molecule has 8 rings (SSSR count). The van der Waals surface area contributed by atoms with Gasteiger partial charge in [0.25, 0.3) is 0 Å². The van der Waals surface area contributed by atoms with E-state index in [1.54, 1.807) is 24.4 Å². The summed E-state index contributed by atoms with van der Waals surface area (Å²) >= 11 is 1.24. The Morgan fingerprint density at radius 3 is 1.80 bits per heavy atom. The minimum absolute atomic E-state index is 0.313. The minimum Gasteiger partial charge on any atom is -0.256 e. The molecular weight excluding hydrogens is 662 g/mol. The number of rotatable bonds is 8. The number of fused-ring (bicyclic) bond motifs is 1. The van der Waals surface area contributed by atoms with Crippen molar-refractivity contribution in [1.82, 2.24) is 14.8 Å². The van der Waals surface area contributed by atoms with E-state index in [-0.39, 0.29) is 5.82 Å². The highest BCUT2D eigenvalue weighted by atomic mass is 32.2. The van der Waals surface area contributed by atoms with Crippen molar-refractivity contribution in [3.63, 3.8) is 0 Å². The number of halogens is 1. The first kappa shape index (κ1) is 31.6. The fourth-order valence-corrected chi connectivity index (χ4v) is 8.67. The van der Waals surface area contributed by atoms with E-state index in [2.05, 4.69) is 53.6 Å². The van der Waals surface area contributed by atoms with Gasteiger partial charge in [0.15, 0.2) is 9.84 Å². The van der Waals surface area contributed by atoms with E-state index in [0.717, 1.165) is 54.7 Å². The summed E-state index contributed by atoms with van der Waals surface area (Å²) in [5.74, 6) is -0.326. The molecule has 0 radical (unpaired) electrons. The van der Waals surface area contributed by atoms with Crippen molar-refractivity contribution in [2.75, 3.05) is 6.26 Å². The van der Waals surface area contributed by atoms with Gasteiger partial charge in [0, 0.05) is 45.6 Å². The molecule has 8 heteroatoms. The van der Waals surface area contributed by atoms with Crippen molar-refractivity contribution in [3.05, 3.63) is 187 Å². The maximum atomic E-state index is 14.3. The highest BCUT2D eigenvalue weighted by Gasteiger charge is 2.40. The lowest BCUT2D eigenvalue weighted by Gasteiger charge is -2.36. The van der Waals surface area contributed by atoms with Crippen LogP contribution in [0, 0.1) is 5.82 Å². The van der Waals surface area contributed by atoms with E-state index >= 15 is 0 Å². The van der Waals surface area contributed by atoms with Gasteiger partial charge in [-0.05, 0) is 76.9 Å². The van der Waals surface area contributed by atoms with Crippen LogP contribution in [0.3, 0.4) is 0 Å². The molecule has 0 spiro atoms. The smallest absolute Gasteiger partial charge is 0.184 e. The van der Waals surface area contributed by atoms with Crippen molar-refractivity contribution in [2.24, 2.45) is 0 Å². The molecule has 0 bridgehead atoms. The molecule has 244 valence electrons. The highest BCUT2D eigenvalue weighted by Crippen LogP contribution is 2.44. The Balaban J connectivity index is 1.42. The predicted octanol–water partition coefficient (Wildman–Crippen LogP) is 9.88. The Kier molecular flexibility index (Phi) is 7.98. The lowest BCUT2D eigenvalue weighted by Crippen LogP contribution is -2.38. The SMILES string of the molecule is CS(=O)(=O)c1ccc(-c2ccnc3ccc(-c4cn(C(c5ccccc5)(c5ccccc5)c5ccccc5)nc4-c4ccc(F)cc4)cc23)s1. The van der Waals surface area contributed by atoms with Gasteiger partial charge in [-0.1, -0.05) is 97.1 Å². The molecule has 0 N–H and O–H groups in total. The Hall–Kier alpha value is -5.70. The number of hydrogen-bond donors (Lipinski definition) is 0. The van der Waals surface area contributed by atoms with Crippen LogP contribution in [0.25, 0.3) is 43.7 Å². The molecule has 0 saturated carbocycles. The third-order valence-corrected chi connectivity index (χ3v) is 12.0. The number of thiophene rings is 1. The van der Waals surface area contributed by atoms with E-state index in [0.29, 0.717) is 9.90 Å². The zero-order chi connectivity index (χ0) is 34.3. The molecule has 0 aliphatic heterocycles. The zero-order valence-corrected chi connectivity index (χ0v) is 28.6. The average Bonchev–Trinajstić information content (AvgIpc) is 3.83. The molecule has 0 amide bonds. The summed E-state index contributed by atoms with van der Waals surface area (Å²) in [6, 6.07) is 48.9. The Morgan fingerprint density at radius 1 is 0.660 bits per heavy atom. The van der Waals surface area contributed by atoms with Gasteiger partial charge in [-0.25, -0.2) is 12.8 Å². The first-order valence-electron chi connectivity index (χ1n) is 16.0. The van der Waals surface area contributed by atoms with E-state index in [4.69, 9.17) is 5.10 Å². The van der Waals surface area contributed by atoms with Gasteiger partial charge in [0.05, 0.1) is 5.52 Å². The maximum Gasteiger partial charge on any atom is 0.184 e. The third kappa shape index (κ3) is 5.52. The molecule has 0 aliphatic carbocycles. The third-order valence-electron chi connectivity index (χ3n) is 9.02. The lowest BCUT2D eigenvalue weighted by molar-refractivity contribution is 0.461. The molecule has 3 aromatic heterocycles. The van der Waals surface area contributed by atoms with Crippen molar-refractivity contribution < 1.29 is 12.8 Å². The van der Waals surface area contributed by atoms with E-state index < -0.39 is 15.4 Å². The second-order valence-corrected chi connectivity index (χ2v) is 15.5. The van der Waals surface area contributed by atoms with Crippen LogP contribution in [0.15, 0.2) is 168 Å². The monoisotopic (exact) mass is 691 g/mol. The molecule has 8 aromatic rings. The topological polar surface area (TPSA) is 64.8 Å². The van der Waals surface area contributed by atoms with Gasteiger partial charge in [-0.15, -0.1) is 11.3 Å². The number of benzene rings is 5. The highest BCUT2D eigenvalue weighted by molar-refractivity contribution is 7.92. The summed E-state index contributed by atoms with van der Waals surface area (Å²) in [7, 11) is -3.35. The van der Waals surface area contributed by atoms with Crippen LogP contribution >= 0.6 is 11.3 Å². The Bertz CT molecular complexity index is 2470. The number of pyridine rings is 1. The number of hydrogen-bond acceptors (Lipinski definition) is 5. The molecule has 0 saturated heterocycles. The van der Waals surface area contributed by atoms with E-state index in [9.17, 15) is 12.8 Å². The molecule has 0 fully saturated rings. The lowest BCUT2D eigenvalue weighted by atomic mass is 9.77. The summed E-state index contributed by atoms with van der Waals surface area (Å²) in [6.07, 6.45) is 5.04. The average molecular weight is 692 g/mol. The summed E-state index contributed by atoms with van der Waals surface area (Å²) < 4.78 is 41.3. The van der Waals surface area contributed by atoms with Crippen molar-refractivity contribution in [1.29, 1.82) is 0 Å². The van der Waals surface area contributed by atoms with Gasteiger partial charge in [-0.2, -0.15) is 5.10 Å². The normalized spacial score (nSPS) is 12.0. The quantitative estimate of drug-likeness (QED) is 0.149. The fourth-order valence-electron chi connectivity index (χ4n) is 6.71. The summed E-state index contributed by atoms with van der Waals surface area (Å²) in [5.41, 5.74) is 7.10. The number of nitrogens with zero attached hydrogens (tertiary/aromatic N) is 3. The van der Waals surface area contributed by atoms with Crippen LogP contribution in [0.1, 0.15) is 16.7 Å². The molecule has 5 aromatic carbocycles. The van der Waals surface area contributed by atoms with E-state index in [1.165, 1.54) is 29.7 Å². The Morgan fingerprint density at radius 2 is 1.24 bits per heavy atom. The van der Waals surface area contributed by atoms with Gasteiger partial charge in [0.2, 0.25) is 0 Å². The van der Waals surface area contributed by atoms with Crippen LogP contribution in [0.4, 0.5) is 4.39 Å². The Labute approximate surface area is 293 Å². The molecule has 0 aliphatic rings. The van der Waals surface area contributed by atoms with Crippen LogP contribution in [0.2, 0.25) is 0 Å². The fraction of sp³-hybridized carbons (Fsp3) is 0.0476. The van der Waals surface area contributed by atoms with Crippen LogP contribution in [-0.2, 0) is 15.4 Å². The van der Waals surface area contributed by atoms with E-state index in [1.807, 2.05) is 83.5 Å². The van der Waals surface area contributed by atoms with Crippen LogP contribution in [-0.4, -0.2) is 29.4 Å². The predicted molar refractivity (Wildman–Crippen MR) is 199 cm³/mol. The molecule has 50 heavy (non-hydrogen) atoms. The molecular formula is C42H30FN3O2S2. The summed E-state index contributed by atoms with van der Waals surface area (Å²) in [5, 5.41) is 6.27. The minimum atomic E-state index is -3.35. The first-order valence-corrected chi connectivity index (χ1v) is 18.8. The molecule has 5 nitrogen and oxygen atoms in total. The zero-order valence-electron chi connectivity index (χ0n) is 26.9. The number of aromatic nitrogens is 3. The standard InChI is InChI=1S/C42H30FN3O2S2/c1-50(47,48)40-24-23-39(49-40)35-25-26-44-38-22-19-30(27-36(35)38)37-28-46(45-41(37)29-17-20-34(43)21-18-29)42(31-11-5-2-6-12-31,32-13-7-3-8-14-32)33-15-9-4-10-16-33/h2-28H,1H3. The van der Waals surface area contributed by atoms with Crippen LogP contribution in [0.5, 0.6) is 0 Å². The largest absolute Gasteiger partial charge is 0.256 e.